The average molecular weight is 398 g/mol. The second-order valence-electron chi connectivity index (χ2n) is 7.49. The molecule has 3 fully saturated rings. The molecule has 0 bridgehead atoms. The minimum Gasteiger partial charge on any atom is -0.381 e. The number of hydrogen-bond acceptors (Lipinski definition) is 6. The van der Waals surface area contributed by atoms with Crippen LogP contribution < -0.4 is 0 Å². The zero-order valence-electron chi connectivity index (χ0n) is 16.1. The SMILES string of the molecule is CCN1C(=O)[C@H]2CN(S(=O)(=O)c3cn(C)c(C)n3)CCN2C12CCOCC2. The van der Waals surface area contributed by atoms with Crippen molar-refractivity contribution < 1.29 is 17.9 Å². The first-order chi connectivity index (χ1) is 12.8. The van der Waals surface area contributed by atoms with Gasteiger partial charge < -0.3 is 14.2 Å². The number of likely N-dealkylation sites (N-methyl/N-ethyl adjacent to an activating group) is 1. The first-order valence-electron chi connectivity index (χ1n) is 9.47. The Morgan fingerprint density at radius 2 is 2.00 bits per heavy atom. The van der Waals surface area contributed by atoms with Gasteiger partial charge in [0.2, 0.25) is 5.91 Å². The van der Waals surface area contributed by atoms with E-state index in [-0.39, 0.29) is 23.1 Å². The molecule has 0 unspecified atom stereocenters. The Morgan fingerprint density at radius 3 is 2.59 bits per heavy atom. The Labute approximate surface area is 159 Å². The van der Waals surface area contributed by atoms with Gasteiger partial charge in [-0.2, -0.15) is 4.31 Å². The van der Waals surface area contributed by atoms with Crippen molar-refractivity contribution in [2.75, 3.05) is 39.4 Å². The molecule has 1 aromatic heterocycles. The van der Waals surface area contributed by atoms with Crippen LogP contribution in [0.1, 0.15) is 25.6 Å². The molecule has 1 atom stereocenters. The second kappa shape index (κ2) is 6.54. The second-order valence-corrected chi connectivity index (χ2v) is 9.37. The number of fused-ring (bicyclic) bond motifs is 2. The molecular formula is C17H27N5O4S. The van der Waals surface area contributed by atoms with Gasteiger partial charge in [0.05, 0.1) is 13.2 Å². The standard InChI is InChI=1S/C17H27N5O4S/c1-4-21-16(23)14-11-20(27(24,25)15-12-19(3)13(2)18-15)7-8-22(14)17(21)5-9-26-10-6-17/h12,14H,4-11H2,1-3H3/t14-/m1/s1. The number of nitrogens with zero attached hydrogens (tertiary/aromatic N) is 5. The summed E-state index contributed by atoms with van der Waals surface area (Å²) in [5.41, 5.74) is -0.327. The normalized spacial score (nSPS) is 26.7. The maximum Gasteiger partial charge on any atom is 0.262 e. The highest BCUT2D eigenvalue weighted by Gasteiger charge is 2.58. The largest absolute Gasteiger partial charge is 0.381 e. The highest BCUT2D eigenvalue weighted by molar-refractivity contribution is 7.89. The maximum atomic E-state index is 13.1. The summed E-state index contributed by atoms with van der Waals surface area (Å²) in [6.07, 6.45) is 3.08. The van der Waals surface area contributed by atoms with Gasteiger partial charge in [-0.05, 0) is 13.8 Å². The molecule has 0 aromatic carbocycles. The number of sulfonamides is 1. The zero-order valence-corrected chi connectivity index (χ0v) is 16.9. The molecule has 0 aliphatic carbocycles. The van der Waals surface area contributed by atoms with Crippen LogP contribution in [0.2, 0.25) is 0 Å². The van der Waals surface area contributed by atoms with Gasteiger partial charge in [-0.1, -0.05) is 0 Å². The van der Waals surface area contributed by atoms with E-state index in [0.717, 1.165) is 12.8 Å². The molecule has 27 heavy (non-hydrogen) atoms. The van der Waals surface area contributed by atoms with Crippen LogP contribution in [0.15, 0.2) is 11.2 Å². The number of imidazole rings is 1. The first kappa shape index (κ1) is 18.9. The van der Waals surface area contributed by atoms with E-state index in [1.54, 1.807) is 18.5 Å². The molecule has 0 saturated carbocycles. The average Bonchev–Trinajstić information content (AvgIpc) is 3.11. The van der Waals surface area contributed by atoms with E-state index < -0.39 is 16.1 Å². The van der Waals surface area contributed by atoms with E-state index in [1.807, 2.05) is 11.8 Å². The molecule has 150 valence electrons. The summed E-state index contributed by atoms with van der Waals surface area (Å²) in [5, 5.41) is 0.0505. The smallest absolute Gasteiger partial charge is 0.262 e. The van der Waals surface area contributed by atoms with E-state index in [0.29, 0.717) is 38.7 Å². The summed E-state index contributed by atoms with van der Waals surface area (Å²) in [5.74, 6) is 0.666. The van der Waals surface area contributed by atoms with Crippen LogP contribution in [0.5, 0.6) is 0 Å². The van der Waals surface area contributed by atoms with Crippen molar-refractivity contribution in [2.45, 2.75) is 43.4 Å². The third-order valence-electron chi connectivity index (χ3n) is 6.23. The molecule has 0 N–H and O–H groups in total. The highest BCUT2D eigenvalue weighted by atomic mass is 32.2. The molecule has 4 heterocycles. The fraction of sp³-hybridized carbons (Fsp3) is 0.765. The van der Waals surface area contributed by atoms with E-state index >= 15 is 0 Å². The minimum atomic E-state index is -3.71. The van der Waals surface area contributed by atoms with Crippen LogP contribution in [0.4, 0.5) is 0 Å². The number of piperazine rings is 1. The number of aryl methyl sites for hydroxylation is 2. The van der Waals surface area contributed by atoms with E-state index in [1.165, 1.54) is 10.5 Å². The molecule has 1 spiro atoms. The fourth-order valence-electron chi connectivity index (χ4n) is 4.71. The predicted octanol–water partition coefficient (Wildman–Crippen LogP) is -0.228. The van der Waals surface area contributed by atoms with Gasteiger partial charge in [0, 0.05) is 52.3 Å². The number of rotatable bonds is 3. The molecule has 1 amide bonds. The van der Waals surface area contributed by atoms with Crippen molar-refractivity contribution in [1.82, 2.24) is 23.7 Å². The van der Waals surface area contributed by atoms with Crippen LogP contribution in [0.3, 0.4) is 0 Å². The minimum absolute atomic E-state index is 0.0245. The van der Waals surface area contributed by atoms with Crippen molar-refractivity contribution in [3.63, 3.8) is 0 Å². The van der Waals surface area contributed by atoms with Crippen molar-refractivity contribution in [1.29, 1.82) is 0 Å². The van der Waals surface area contributed by atoms with Crippen LogP contribution in [-0.4, -0.2) is 89.1 Å². The van der Waals surface area contributed by atoms with Crippen LogP contribution in [-0.2, 0) is 26.6 Å². The van der Waals surface area contributed by atoms with E-state index in [9.17, 15) is 13.2 Å². The van der Waals surface area contributed by atoms with Gasteiger partial charge in [-0.25, -0.2) is 13.4 Å². The van der Waals surface area contributed by atoms with Gasteiger partial charge in [-0.3, -0.25) is 9.69 Å². The van der Waals surface area contributed by atoms with Crippen molar-refractivity contribution in [3.8, 4) is 0 Å². The lowest BCUT2D eigenvalue weighted by atomic mass is 9.97. The first-order valence-corrected chi connectivity index (χ1v) is 10.9. The summed E-state index contributed by atoms with van der Waals surface area (Å²) in [6, 6.07) is -0.434. The molecule has 3 saturated heterocycles. The summed E-state index contributed by atoms with van der Waals surface area (Å²) >= 11 is 0. The Bertz CT molecular complexity index is 826. The number of carbonyl (C=O) groups is 1. The van der Waals surface area contributed by atoms with Crippen molar-refractivity contribution in [2.24, 2.45) is 7.05 Å². The number of hydrogen-bond donors (Lipinski definition) is 0. The van der Waals surface area contributed by atoms with Crippen LogP contribution in [0.25, 0.3) is 0 Å². The highest BCUT2D eigenvalue weighted by Crippen LogP contribution is 2.41. The quantitative estimate of drug-likeness (QED) is 0.700. The number of carbonyl (C=O) groups excluding carboxylic acids is 1. The van der Waals surface area contributed by atoms with E-state index in [2.05, 4.69) is 9.88 Å². The maximum absolute atomic E-state index is 13.1. The lowest BCUT2D eigenvalue weighted by Crippen LogP contribution is -2.62. The molecule has 4 rings (SSSR count). The summed E-state index contributed by atoms with van der Waals surface area (Å²) in [6.45, 7) is 6.71. The van der Waals surface area contributed by atoms with Gasteiger partial charge in [0.25, 0.3) is 10.0 Å². The molecule has 3 aliphatic heterocycles. The Kier molecular flexibility index (Phi) is 4.57. The van der Waals surface area contributed by atoms with Gasteiger partial charge in [0.1, 0.15) is 17.5 Å². The van der Waals surface area contributed by atoms with Crippen LogP contribution >= 0.6 is 0 Å². The summed E-state index contributed by atoms with van der Waals surface area (Å²) < 4.78 is 34.7. The lowest BCUT2D eigenvalue weighted by molar-refractivity contribution is -0.135. The Balaban J connectivity index is 1.62. The van der Waals surface area contributed by atoms with E-state index in [4.69, 9.17) is 4.74 Å². The summed E-state index contributed by atoms with van der Waals surface area (Å²) in [7, 11) is -1.94. The number of amides is 1. The van der Waals surface area contributed by atoms with Crippen molar-refractivity contribution in [3.05, 3.63) is 12.0 Å². The predicted molar refractivity (Wildman–Crippen MR) is 97.4 cm³/mol. The molecule has 0 radical (unpaired) electrons. The van der Waals surface area contributed by atoms with Gasteiger partial charge in [-0.15, -0.1) is 0 Å². The molecule has 3 aliphatic rings. The third kappa shape index (κ3) is 2.72. The molecule has 10 heteroatoms. The topological polar surface area (TPSA) is 88.0 Å². The molecule has 9 nitrogen and oxygen atoms in total. The van der Waals surface area contributed by atoms with Gasteiger partial charge >= 0.3 is 0 Å². The number of ether oxygens (including phenoxy) is 1. The van der Waals surface area contributed by atoms with Crippen molar-refractivity contribution >= 4 is 15.9 Å². The number of aromatic nitrogens is 2. The molecule has 1 aromatic rings. The molecular weight excluding hydrogens is 370 g/mol. The third-order valence-corrected chi connectivity index (χ3v) is 7.97. The zero-order chi connectivity index (χ0) is 19.4. The Hall–Kier alpha value is -1.49. The fourth-order valence-corrected chi connectivity index (χ4v) is 6.18. The van der Waals surface area contributed by atoms with Crippen LogP contribution in [0, 0.1) is 6.92 Å². The summed E-state index contributed by atoms with van der Waals surface area (Å²) in [4.78, 5) is 21.4. The van der Waals surface area contributed by atoms with Gasteiger partial charge in [0.15, 0.2) is 5.03 Å². The lowest BCUT2D eigenvalue weighted by Gasteiger charge is -2.48. The Morgan fingerprint density at radius 1 is 1.30 bits per heavy atom. The monoisotopic (exact) mass is 397 g/mol.